The number of rotatable bonds is 14. The summed E-state index contributed by atoms with van der Waals surface area (Å²) in [6.07, 6.45) is 8.95. The van der Waals surface area contributed by atoms with E-state index in [-0.39, 0.29) is 31.3 Å². The van der Waals surface area contributed by atoms with E-state index in [1.165, 1.54) is 0 Å². The molecule has 3 N–H and O–H groups in total. The lowest BCUT2D eigenvalue weighted by atomic mass is 10.1. The monoisotopic (exact) mass is 465 g/mol. The number of amides is 1. The van der Waals surface area contributed by atoms with Crippen LogP contribution >= 0.6 is 0 Å². The highest BCUT2D eigenvalue weighted by Crippen LogP contribution is 2.04. The van der Waals surface area contributed by atoms with Crippen LogP contribution in [0, 0.1) is 0 Å². The summed E-state index contributed by atoms with van der Waals surface area (Å²) >= 11 is 0. The van der Waals surface area contributed by atoms with Gasteiger partial charge in [0.25, 0.3) is 0 Å². The Bertz CT molecular complexity index is 1010. The Labute approximate surface area is 199 Å². The van der Waals surface area contributed by atoms with Crippen molar-refractivity contribution < 1.29 is 18.9 Å². The number of aryl methyl sites for hydroxylation is 3. The van der Waals surface area contributed by atoms with Gasteiger partial charge in [0.1, 0.15) is 13.2 Å². The van der Waals surface area contributed by atoms with Gasteiger partial charge in [-0.1, -0.05) is 41.6 Å². The lowest BCUT2D eigenvalue weighted by Gasteiger charge is -2.12. The van der Waals surface area contributed by atoms with E-state index >= 15 is 0 Å². The largest absolute Gasteiger partial charge is 0.461 e. The van der Waals surface area contributed by atoms with Crippen molar-refractivity contribution in [2.75, 3.05) is 6.54 Å². The molecule has 9 nitrogen and oxygen atoms in total. The van der Waals surface area contributed by atoms with E-state index in [4.69, 9.17) is 10.5 Å². The first-order chi connectivity index (χ1) is 16.6. The summed E-state index contributed by atoms with van der Waals surface area (Å²) in [5, 5.41) is 11.2. The van der Waals surface area contributed by atoms with Crippen molar-refractivity contribution in [3.63, 3.8) is 0 Å². The number of hydrogen-bond donors (Lipinski definition) is 2. The van der Waals surface area contributed by atoms with Gasteiger partial charge in [-0.3, -0.25) is 14.3 Å². The zero-order valence-electron chi connectivity index (χ0n) is 19.4. The molecular formula is C25H33N6O3+. The van der Waals surface area contributed by atoms with Crippen LogP contribution in [0.4, 0.5) is 0 Å². The predicted octanol–water partition coefficient (Wildman–Crippen LogP) is 1.56. The van der Waals surface area contributed by atoms with Crippen LogP contribution in [-0.2, 0) is 40.4 Å². The second kappa shape index (κ2) is 13.8. The summed E-state index contributed by atoms with van der Waals surface area (Å²) < 4.78 is 9.15. The van der Waals surface area contributed by atoms with Crippen LogP contribution in [0.2, 0.25) is 0 Å². The second-order valence-electron chi connectivity index (χ2n) is 8.13. The van der Waals surface area contributed by atoms with E-state index in [2.05, 4.69) is 32.6 Å². The maximum atomic E-state index is 12.2. The Morgan fingerprint density at radius 2 is 1.85 bits per heavy atom. The normalized spacial score (nSPS) is 11.7. The molecule has 0 fully saturated rings. The van der Waals surface area contributed by atoms with Crippen molar-refractivity contribution in [2.45, 2.75) is 57.8 Å². The standard InChI is InChI=1S/C25H32N6O3/c26-23(12-13-24(32)34-20-21-9-3-1-4-10-21)25(33)27-14-8-18-31-19-22(28-29-31)11-7-17-30-15-5-2-6-16-30/h1-6,9-10,15-16,19,23H,7-8,11-14,17-18,20,26H2/p+1. The van der Waals surface area contributed by atoms with Gasteiger partial charge in [-0.15, -0.1) is 5.10 Å². The molecule has 34 heavy (non-hydrogen) atoms. The molecule has 0 aliphatic rings. The quantitative estimate of drug-likeness (QED) is 0.212. The van der Waals surface area contributed by atoms with Crippen LogP contribution in [0.1, 0.15) is 36.9 Å². The van der Waals surface area contributed by atoms with E-state index < -0.39 is 6.04 Å². The number of esters is 1. The lowest BCUT2D eigenvalue weighted by Crippen LogP contribution is -2.41. The number of carbonyl (C=O) groups is 2. The topological polar surface area (TPSA) is 116 Å². The van der Waals surface area contributed by atoms with Gasteiger partial charge < -0.3 is 15.8 Å². The van der Waals surface area contributed by atoms with Crippen LogP contribution < -0.4 is 15.6 Å². The van der Waals surface area contributed by atoms with Crippen molar-refractivity contribution in [2.24, 2.45) is 5.73 Å². The molecule has 0 aliphatic heterocycles. The van der Waals surface area contributed by atoms with E-state index in [0.29, 0.717) is 19.5 Å². The number of aromatic nitrogens is 4. The summed E-state index contributed by atoms with van der Waals surface area (Å²) in [6, 6.07) is 14.7. The predicted molar refractivity (Wildman–Crippen MR) is 126 cm³/mol. The molecule has 0 saturated carbocycles. The molecule has 1 atom stereocenters. The highest BCUT2D eigenvalue weighted by molar-refractivity contribution is 5.82. The number of hydrogen-bond acceptors (Lipinski definition) is 6. The van der Waals surface area contributed by atoms with Gasteiger partial charge >= 0.3 is 5.97 Å². The average molecular weight is 466 g/mol. The van der Waals surface area contributed by atoms with E-state index in [1.807, 2.05) is 54.7 Å². The molecule has 9 heteroatoms. The number of nitrogens with zero attached hydrogens (tertiary/aromatic N) is 4. The first-order valence-electron chi connectivity index (χ1n) is 11.7. The van der Waals surface area contributed by atoms with Gasteiger partial charge in [0.15, 0.2) is 12.4 Å². The van der Waals surface area contributed by atoms with Gasteiger partial charge in [-0.05, 0) is 24.8 Å². The maximum absolute atomic E-state index is 12.2. The van der Waals surface area contributed by atoms with Crippen molar-refractivity contribution in [1.29, 1.82) is 0 Å². The molecular weight excluding hydrogens is 432 g/mol. The van der Waals surface area contributed by atoms with Gasteiger partial charge in [-0.25, -0.2) is 4.57 Å². The number of carbonyl (C=O) groups excluding carboxylic acids is 2. The van der Waals surface area contributed by atoms with Crippen LogP contribution in [0.3, 0.4) is 0 Å². The maximum Gasteiger partial charge on any atom is 0.306 e. The summed E-state index contributed by atoms with van der Waals surface area (Å²) in [5.74, 6) is -0.634. The molecule has 0 saturated heterocycles. The summed E-state index contributed by atoms with van der Waals surface area (Å²) in [5.41, 5.74) is 7.79. The summed E-state index contributed by atoms with van der Waals surface area (Å²) in [6.45, 7) is 2.29. The number of pyridine rings is 1. The third-order valence-electron chi connectivity index (χ3n) is 5.31. The molecule has 1 unspecified atom stereocenters. The van der Waals surface area contributed by atoms with Gasteiger partial charge in [-0.2, -0.15) is 0 Å². The zero-order chi connectivity index (χ0) is 24.0. The number of benzene rings is 1. The van der Waals surface area contributed by atoms with Crippen molar-refractivity contribution in [3.8, 4) is 0 Å². The minimum absolute atomic E-state index is 0.103. The Kier molecular flexibility index (Phi) is 10.2. The number of nitrogens with one attached hydrogen (secondary N) is 1. The third-order valence-corrected chi connectivity index (χ3v) is 5.31. The fourth-order valence-electron chi connectivity index (χ4n) is 3.39. The molecule has 1 aromatic carbocycles. The lowest BCUT2D eigenvalue weighted by molar-refractivity contribution is -0.697. The first-order valence-corrected chi connectivity index (χ1v) is 11.7. The van der Waals surface area contributed by atoms with Crippen LogP contribution in [-0.4, -0.2) is 39.5 Å². The second-order valence-corrected chi connectivity index (χ2v) is 8.13. The molecule has 0 radical (unpaired) electrons. The molecule has 2 heterocycles. The zero-order valence-corrected chi connectivity index (χ0v) is 19.4. The van der Waals surface area contributed by atoms with Crippen molar-refractivity contribution >= 4 is 11.9 Å². The molecule has 1 amide bonds. The Morgan fingerprint density at radius 3 is 2.65 bits per heavy atom. The molecule has 0 bridgehead atoms. The summed E-state index contributed by atoms with van der Waals surface area (Å²) in [4.78, 5) is 24.0. The Hall–Kier alpha value is -3.59. The molecule has 0 spiro atoms. The average Bonchev–Trinajstić information content (AvgIpc) is 3.32. The molecule has 180 valence electrons. The molecule has 2 aromatic heterocycles. The highest BCUT2D eigenvalue weighted by atomic mass is 16.5. The van der Waals surface area contributed by atoms with Crippen LogP contribution in [0.5, 0.6) is 0 Å². The molecule has 0 aliphatic carbocycles. The Morgan fingerprint density at radius 1 is 1.09 bits per heavy atom. The van der Waals surface area contributed by atoms with E-state index in [9.17, 15) is 9.59 Å². The van der Waals surface area contributed by atoms with Crippen molar-refractivity contribution in [3.05, 3.63) is 78.4 Å². The third kappa shape index (κ3) is 9.11. The van der Waals surface area contributed by atoms with E-state index in [1.54, 1.807) is 4.68 Å². The van der Waals surface area contributed by atoms with Gasteiger partial charge in [0.05, 0.1) is 11.7 Å². The molecule has 3 rings (SSSR count). The highest BCUT2D eigenvalue weighted by Gasteiger charge is 2.15. The van der Waals surface area contributed by atoms with Crippen LogP contribution in [0.15, 0.2) is 67.1 Å². The van der Waals surface area contributed by atoms with Gasteiger partial charge in [0, 0.05) is 44.3 Å². The SMILES string of the molecule is NC(CCC(=O)OCc1ccccc1)C(=O)NCCCn1cc(CCC[n+]2ccccc2)nn1. The number of ether oxygens (including phenoxy) is 1. The summed E-state index contributed by atoms with van der Waals surface area (Å²) in [7, 11) is 0. The smallest absolute Gasteiger partial charge is 0.306 e. The minimum atomic E-state index is -0.746. The minimum Gasteiger partial charge on any atom is -0.461 e. The fraction of sp³-hybridized carbons (Fsp3) is 0.400. The van der Waals surface area contributed by atoms with Crippen LogP contribution in [0.25, 0.3) is 0 Å². The molecule has 3 aromatic rings. The number of nitrogens with two attached hydrogens (primary N) is 1. The first kappa shape index (κ1) is 25.0. The van der Waals surface area contributed by atoms with E-state index in [0.717, 1.165) is 30.6 Å². The van der Waals surface area contributed by atoms with Crippen molar-refractivity contribution in [1.82, 2.24) is 20.3 Å². The fourth-order valence-corrected chi connectivity index (χ4v) is 3.39. The van der Waals surface area contributed by atoms with Gasteiger partial charge in [0.2, 0.25) is 5.91 Å². The Balaban J connectivity index is 1.24.